The highest BCUT2D eigenvalue weighted by molar-refractivity contribution is 7.88. The Kier molecular flexibility index (Phi) is 5.94. The number of carboxylic acid groups (broad SMARTS) is 1. The van der Waals surface area contributed by atoms with Crippen LogP contribution in [0.1, 0.15) is 26.2 Å². The number of amides is 1. The lowest BCUT2D eigenvalue weighted by Gasteiger charge is -2.30. The molecule has 1 amide bonds. The highest BCUT2D eigenvalue weighted by Crippen LogP contribution is 2.18. The van der Waals surface area contributed by atoms with Gasteiger partial charge in [-0.3, -0.25) is 9.59 Å². The predicted octanol–water partition coefficient (Wildman–Crippen LogP) is -0.115. The highest BCUT2D eigenvalue weighted by Gasteiger charge is 2.30. The van der Waals surface area contributed by atoms with E-state index in [9.17, 15) is 18.0 Å². The van der Waals surface area contributed by atoms with Gasteiger partial charge in [0.15, 0.2) is 0 Å². The number of rotatable bonds is 6. The number of carbonyl (C=O) groups is 2. The van der Waals surface area contributed by atoms with Crippen LogP contribution in [0.2, 0.25) is 0 Å². The van der Waals surface area contributed by atoms with Crippen molar-refractivity contribution in [3.63, 3.8) is 0 Å². The molecule has 1 fully saturated rings. The van der Waals surface area contributed by atoms with Gasteiger partial charge in [-0.05, 0) is 19.3 Å². The second kappa shape index (κ2) is 7.03. The molecule has 0 aromatic heterocycles. The van der Waals surface area contributed by atoms with Crippen LogP contribution >= 0.6 is 0 Å². The van der Waals surface area contributed by atoms with E-state index in [4.69, 9.17) is 5.11 Å². The molecule has 20 heavy (non-hydrogen) atoms. The Balaban J connectivity index is 2.53. The largest absolute Gasteiger partial charge is 0.481 e. The minimum absolute atomic E-state index is 0.0834. The molecule has 0 aromatic carbocycles. The summed E-state index contributed by atoms with van der Waals surface area (Å²) in [5, 5.41) is 11.5. The van der Waals surface area contributed by atoms with Crippen molar-refractivity contribution < 1.29 is 23.1 Å². The van der Waals surface area contributed by atoms with Crippen molar-refractivity contribution in [3.8, 4) is 0 Å². The lowest BCUT2D eigenvalue weighted by atomic mass is 9.98. The van der Waals surface area contributed by atoms with E-state index in [0.29, 0.717) is 25.8 Å². The maximum atomic E-state index is 12.0. The van der Waals surface area contributed by atoms with Gasteiger partial charge in [0.05, 0.1) is 18.1 Å². The zero-order valence-corrected chi connectivity index (χ0v) is 12.6. The summed E-state index contributed by atoms with van der Waals surface area (Å²) in [7, 11) is -3.28. The SMILES string of the molecule is CCC(CNC(=O)C1CCCN(S(C)(=O)=O)C1)C(=O)O. The van der Waals surface area contributed by atoms with Gasteiger partial charge in [-0.1, -0.05) is 6.92 Å². The molecule has 1 aliphatic heterocycles. The fourth-order valence-corrected chi connectivity index (χ4v) is 3.14. The number of piperidine rings is 1. The van der Waals surface area contributed by atoms with Crippen LogP contribution in [0.15, 0.2) is 0 Å². The van der Waals surface area contributed by atoms with Gasteiger partial charge in [-0.2, -0.15) is 0 Å². The van der Waals surface area contributed by atoms with Crippen LogP contribution in [0.5, 0.6) is 0 Å². The molecule has 116 valence electrons. The topological polar surface area (TPSA) is 104 Å². The minimum Gasteiger partial charge on any atom is -0.481 e. The molecule has 7 nitrogen and oxygen atoms in total. The smallest absolute Gasteiger partial charge is 0.308 e. The molecule has 0 bridgehead atoms. The first-order valence-electron chi connectivity index (χ1n) is 6.71. The molecule has 1 aliphatic rings. The van der Waals surface area contributed by atoms with Gasteiger partial charge >= 0.3 is 5.97 Å². The van der Waals surface area contributed by atoms with E-state index in [2.05, 4.69) is 5.32 Å². The third-order valence-electron chi connectivity index (χ3n) is 3.59. The van der Waals surface area contributed by atoms with Gasteiger partial charge in [-0.25, -0.2) is 12.7 Å². The first-order valence-corrected chi connectivity index (χ1v) is 8.56. The first-order chi connectivity index (χ1) is 9.25. The lowest BCUT2D eigenvalue weighted by Crippen LogP contribution is -2.46. The summed E-state index contributed by atoms with van der Waals surface area (Å²) in [6.07, 6.45) is 2.84. The van der Waals surface area contributed by atoms with Gasteiger partial charge in [0, 0.05) is 19.6 Å². The molecule has 8 heteroatoms. The van der Waals surface area contributed by atoms with Crippen LogP contribution in [0.3, 0.4) is 0 Å². The van der Waals surface area contributed by atoms with Crippen molar-refractivity contribution in [1.82, 2.24) is 9.62 Å². The van der Waals surface area contributed by atoms with Crippen molar-refractivity contribution in [2.45, 2.75) is 26.2 Å². The maximum absolute atomic E-state index is 12.0. The van der Waals surface area contributed by atoms with E-state index in [-0.39, 0.29) is 19.0 Å². The Morgan fingerprint density at radius 1 is 1.45 bits per heavy atom. The molecule has 2 N–H and O–H groups in total. The lowest BCUT2D eigenvalue weighted by molar-refractivity contribution is -0.141. The Bertz CT molecular complexity index is 462. The second-order valence-electron chi connectivity index (χ2n) is 5.15. The second-order valence-corrected chi connectivity index (χ2v) is 7.13. The zero-order valence-electron chi connectivity index (χ0n) is 11.8. The van der Waals surface area contributed by atoms with Gasteiger partial charge in [-0.15, -0.1) is 0 Å². The highest BCUT2D eigenvalue weighted by atomic mass is 32.2. The average Bonchev–Trinajstić information content (AvgIpc) is 2.38. The predicted molar refractivity (Wildman–Crippen MR) is 73.6 cm³/mol. The Labute approximate surface area is 119 Å². The summed E-state index contributed by atoms with van der Waals surface area (Å²) in [5.74, 6) is -2.20. The quantitative estimate of drug-likeness (QED) is 0.712. The van der Waals surface area contributed by atoms with E-state index >= 15 is 0 Å². The molecule has 1 heterocycles. The van der Waals surface area contributed by atoms with Crippen molar-refractivity contribution in [3.05, 3.63) is 0 Å². The van der Waals surface area contributed by atoms with Gasteiger partial charge in [0.25, 0.3) is 0 Å². The average molecular weight is 306 g/mol. The Hall–Kier alpha value is -1.15. The number of aliphatic carboxylic acids is 1. The number of carboxylic acids is 1. The van der Waals surface area contributed by atoms with Crippen LogP contribution in [-0.2, 0) is 19.6 Å². The summed E-state index contributed by atoms with van der Waals surface area (Å²) >= 11 is 0. The van der Waals surface area contributed by atoms with E-state index in [1.165, 1.54) is 4.31 Å². The molecule has 2 unspecified atom stereocenters. The number of carbonyl (C=O) groups excluding carboxylic acids is 1. The molecule has 2 atom stereocenters. The molecule has 0 spiro atoms. The van der Waals surface area contributed by atoms with E-state index in [1.807, 2.05) is 0 Å². The standard InChI is InChI=1S/C12H22N2O5S/c1-3-9(12(16)17)7-13-11(15)10-5-4-6-14(8-10)20(2,18)19/h9-10H,3-8H2,1-2H3,(H,13,15)(H,16,17). The molecule has 0 radical (unpaired) electrons. The zero-order chi connectivity index (χ0) is 15.3. The summed E-state index contributed by atoms with van der Waals surface area (Å²) in [5.41, 5.74) is 0. The number of nitrogens with zero attached hydrogens (tertiary/aromatic N) is 1. The molecule has 0 saturated carbocycles. The van der Waals surface area contributed by atoms with Gasteiger partial charge in [0.2, 0.25) is 15.9 Å². The molecule has 0 aliphatic carbocycles. The van der Waals surface area contributed by atoms with Gasteiger partial charge < -0.3 is 10.4 Å². The van der Waals surface area contributed by atoms with Crippen LogP contribution in [0, 0.1) is 11.8 Å². The van der Waals surface area contributed by atoms with Crippen molar-refractivity contribution in [2.75, 3.05) is 25.9 Å². The van der Waals surface area contributed by atoms with E-state index in [1.54, 1.807) is 6.92 Å². The monoisotopic (exact) mass is 306 g/mol. The summed E-state index contributed by atoms with van der Waals surface area (Å²) in [4.78, 5) is 22.9. The molecule has 1 rings (SSSR count). The Morgan fingerprint density at radius 2 is 2.10 bits per heavy atom. The van der Waals surface area contributed by atoms with E-state index < -0.39 is 27.8 Å². The number of nitrogens with one attached hydrogen (secondary N) is 1. The third-order valence-corrected chi connectivity index (χ3v) is 4.86. The van der Waals surface area contributed by atoms with Crippen LogP contribution < -0.4 is 5.32 Å². The molecular weight excluding hydrogens is 284 g/mol. The number of hydrogen-bond donors (Lipinski definition) is 2. The maximum Gasteiger partial charge on any atom is 0.308 e. The fourth-order valence-electron chi connectivity index (χ4n) is 2.23. The Morgan fingerprint density at radius 3 is 2.60 bits per heavy atom. The van der Waals surface area contributed by atoms with Crippen molar-refractivity contribution in [1.29, 1.82) is 0 Å². The van der Waals surface area contributed by atoms with Crippen molar-refractivity contribution >= 4 is 21.9 Å². The van der Waals surface area contributed by atoms with Crippen LogP contribution in [0.4, 0.5) is 0 Å². The van der Waals surface area contributed by atoms with Crippen LogP contribution in [0.25, 0.3) is 0 Å². The summed E-state index contributed by atoms with van der Waals surface area (Å²) in [6.45, 7) is 2.45. The first kappa shape index (κ1) is 16.9. The number of sulfonamides is 1. The van der Waals surface area contributed by atoms with Crippen LogP contribution in [-0.4, -0.2) is 55.6 Å². The van der Waals surface area contributed by atoms with E-state index in [0.717, 1.165) is 6.26 Å². The third kappa shape index (κ3) is 4.75. The molecule has 0 aromatic rings. The molecular formula is C12H22N2O5S. The fraction of sp³-hybridized carbons (Fsp3) is 0.833. The molecule has 1 saturated heterocycles. The minimum atomic E-state index is -3.28. The summed E-state index contributed by atoms with van der Waals surface area (Å²) < 4.78 is 24.2. The van der Waals surface area contributed by atoms with Crippen molar-refractivity contribution in [2.24, 2.45) is 11.8 Å². The normalized spacial score (nSPS) is 22.2. The number of hydrogen-bond acceptors (Lipinski definition) is 4. The van der Waals surface area contributed by atoms with Gasteiger partial charge in [0.1, 0.15) is 0 Å². The summed E-state index contributed by atoms with van der Waals surface area (Å²) in [6, 6.07) is 0.